The summed E-state index contributed by atoms with van der Waals surface area (Å²) < 4.78 is 0. The van der Waals surface area contributed by atoms with Gasteiger partial charge in [-0.25, -0.2) is 4.79 Å². The Bertz CT molecular complexity index is 1520. The molecule has 1 aliphatic heterocycles. The number of nitrogens with zero attached hydrogens (tertiary/aromatic N) is 2. The Kier molecular flexibility index (Phi) is 13.5. The lowest BCUT2D eigenvalue weighted by atomic mass is 9.83. The van der Waals surface area contributed by atoms with Crippen molar-refractivity contribution in [1.82, 2.24) is 31.2 Å². The molecule has 264 valence electrons. The van der Waals surface area contributed by atoms with E-state index < -0.39 is 103 Å². The molecule has 1 saturated heterocycles. The van der Waals surface area contributed by atoms with Crippen LogP contribution in [0, 0.1) is 5.92 Å². The van der Waals surface area contributed by atoms with Gasteiger partial charge in [-0.15, -0.1) is 0 Å². The van der Waals surface area contributed by atoms with Gasteiger partial charge in [-0.2, -0.15) is 0 Å². The van der Waals surface area contributed by atoms with Gasteiger partial charge in [-0.1, -0.05) is 31.4 Å². The molecule has 2 fully saturated rings. The van der Waals surface area contributed by atoms with Gasteiger partial charge in [-0.05, 0) is 37.7 Å². The largest absolute Gasteiger partial charge is 0.478 e. The number of aromatic carboxylic acids is 1. The lowest BCUT2D eigenvalue weighted by Crippen LogP contribution is -2.54. The van der Waals surface area contributed by atoms with Crippen LogP contribution >= 0.6 is 0 Å². The Labute approximate surface area is 280 Å². The van der Waals surface area contributed by atoms with Crippen molar-refractivity contribution in [3.63, 3.8) is 0 Å². The van der Waals surface area contributed by atoms with E-state index in [-0.39, 0.29) is 24.4 Å². The quantitative estimate of drug-likeness (QED) is 0.0715. The number of hydrogen-bond acceptors (Lipinski definition) is 10. The fraction of sp³-hybridized carbons (Fsp3) is 0.484. The van der Waals surface area contributed by atoms with Gasteiger partial charge in [0.15, 0.2) is 0 Å². The van der Waals surface area contributed by atoms with E-state index in [1.54, 1.807) is 0 Å². The van der Waals surface area contributed by atoms with Gasteiger partial charge < -0.3 is 42.7 Å². The molecule has 1 saturated carbocycles. The first kappa shape index (κ1) is 37.8. The summed E-state index contributed by atoms with van der Waals surface area (Å²) >= 11 is 0. The number of primary amides is 2. The maximum Gasteiger partial charge on any atom is 0.338 e. The summed E-state index contributed by atoms with van der Waals surface area (Å²) in [5.74, 6) is -8.51. The minimum atomic E-state index is -1.51. The highest BCUT2D eigenvalue weighted by atomic mass is 16.4. The van der Waals surface area contributed by atoms with Crippen LogP contribution in [-0.2, 0) is 33.6 Å². The number of nitrogens with two attached hydrogens (primary N) is 2. The minimum Gasteiger partial charge on any atom is -0.478 e. The molecule has 3 rings (SSSR count). The second-order valence-electron chi connectivity index (χ2n) is 11.9. The van der Waals surface area contributed by atoms with Gasteiger partial charge in [0.1, 0.15) is 18.1 Å². The number of aromatic nitrogens is 1. The standard InChI is InChI=1S/C31H40N8O10/c1-16-11-21(30(47)35-13-23(41)38-25(27(33)44)17-5-3-2-4-6-17)39(15-16)24(42)14-36-29(46)20(7-8-22(40)26(32)43)37-28(45)18-9-10-34-12-19(18)31(48)49/h9-10,12,17,20-21,25H,1-8,11,13-15H2,(H2,32,43)(H2,33,44)(H,35,47)(H,36,46)(H,37,45)(H,38,41)(H,48,49)/t20-,21-,25-/m0/s1. The minimum absolute atomic E-state index is 0.0301. The number of carbonyl (C=O) groups excluding carboxylic acids is 8. The van der Waals surface area contributed by atoms with Crippen molar-refractivity contribution in [3.8, 4) is 0 Å². The van der Waals surface area contributed by atoms with Gasteiger partial charge in [0.25, 0.3) is 11.8 Å². The summed E-state index contributed by atoms with van der Waals surface area (Å²) in [5, 5.41) is 19.1. The molecule has 49 heavy (non-hydrogen) atoms. The third kappa shape index (κ3) is 10.7. The lowest BCUT2D eigenvalue weighted by Gasteiger charge is -2.29. The highest BCUT2D eigenvalue weighted by Crippen LogP contribution is 2.26. The number of nitrogens with one attached hydrogen (secondary N) is 4. The molecule has 0 spiro atoms. The van der Waals surface area contributed by atoms with Gasteiger partial charge in [-0.3, -0.25) is 43.3 Å². The first-order valence-electron chi connectivity index (χ1n) is 15.6. The molecule has 0 radical (unpaired) electrons. The summed E-state index contributed by atoms with van der Waals surface area (Å²) in [5.41, 5.74) is 10.2. The van der Waals surface area contributed by atoms with Crippen LogP contribution in [0.5, 0.6) is 0 Å². The molecule has 0 aromatic carbocycles. The number of hydrogen-bond donors (Lipinski definition) is 7. The molecule has 9 N–H and O–H groups in total. The molecule has 3 atom stereocenters. The molecule has 7 amide bonds. The van der Waals surface area contributed by atoms with Crippen LogP contribution < -0.4 is 32.7 Å². The predicted octanol–water partition coefficient (Wildman–Crippen LogP) is -2.35. The average molecular weight is 685 g/mol. The molecule has 2 heterocycles. The highest BCUT2D eigenvalue weighted by molar-refractivity contribution is 6.35. The van der Waals surface area contributed by atoms with E-state index in [1.807, 2.05) is 0 Å². The molecule has 1 aromatic rings. The zero-order chi connectivity index (χ0) is 36.2. The number of Topliss-reactive ketones (excluding diaryl/α,β-unsaturated/α-hetero) is 1. The SMILES string of the molecule is C=C1C[C@@H](C(=O)NCC(=O)N[C@H](C(N)=O)C2CCCCC2)N(C(=O)CNC(=O)[C@H](CCC(=O)C(N)=O)NC(=O)c2ccncc2C(=O)O)C1. The summed E-state index contributed by atoms with van der Waals surface area (Å²) in [6.45, 7) is 2.65. The van der Waals surface area contributed by atoms with Crippen LogP contribution in [0.1, 0.15) is 72.1 Å². The van der Waals surface area contributed by atoms with E-state index in [4.69, 9.17) is 11.5 Å². The average Bonchev–Trinajstić information content (AvgIpc) is 3.48. The molecule has 18 nitrogen and oxygen atoms in total. The van der Waals surface area contributed by atoms with Crippen molar-refractivity contribution < 1.29 is 48.3 Å². The highest BCUT2D eigenvalue weighted by Gasteiger charge is 2.37. The Morgan fingerprint density at radius 1 is 0.959 bits per heavy atom. The number of pyridine rings is 1. The van der Waals surface area contributed by atoms with E-state index in [9.17, 15) is 48.3 Å². The first-order valence-corrected chi connectivity index (χ1v) is 15.6. The van der Waals surface area contributed by atoms with Crippen molar-refractivity contribution in [1.29, 1.82) is 0 Å². The van der Waals surface area contributed by atoms with Crippen LogP contribution in [0.2, 0.25) is 0 Å². The number of rotatable bonds is 16. The van der Waals surface area contributed by atoms with Gasteiger partial charge in [0, 0.05) is 25.4 Å². The van der Waals surface area contributed by atoms with Gasteiger partial charge in [0.2, 0.25) is 35.3 Å². The number of amides is 7. The number of carboxylic acids is 1. The first-order chi connectivity index (χ1) is 23.2. The maximum absolute atomic E-state index is 13.2. The van der Waals surface area contributed by atoms with E-state index in [1.165, 1.54) is 0 Å². The Morgan fingerprint density at radius 2 is 1.65 bits per heavy atom. The lowest BCUT2D eigenvalue weighted by molar-refractivity contribution is -0.139. The van der Waals surface area contributed by atoms with Crippen LogP contribution in [0.4, 0.5) is 0 Å². The zero-order valence-electron chi connectivity index (χ0n) is 26.7. The molecule has 2 aliphatic rings. The molecule has 0 unspecified atom stereocenters. The Morgan fingerprint density at radius 3 is 2.29 bits per heavy atom. The Hall–Kier alpha value is -5.68. The summed E-state index contributed by atoms with van der Waals surface area (Å²) in [7, 11) is 0. The molecular weight excluding hydrogens is 644 g/mol. The van der Waals surface area contributed by atoms with E-state index >= 15 is 0 Å². The number of carbonyl (C=O) groups is 9. The van der Waals surface area contributed by atoms with Crippen molar-refractivity contribution >= 4 is 53.1 Å². The van der Waals surface area contributed by atoms with Gasteiger partial charge in [0.05, 0.1) is 24.2 Å². The van der Waals surface area contributed by atoms with E-state index in [2.05, 4.69) is 32.8 Å². The second-order valence-corrected chi connectivity index (χ2v) is 11.9. The number of likely N-dealkylation sites (tertiary alicyclic amines) is 1. The fourth-order valence-corrected chi connectivity index (χ4v) is 5.75. The van der Waals surface area contributed by atoms with Crippen molar-refractivity contribution in [3.05, 3.63) is 41.7 Å². The zero-order valence-corrected chi connectivity index (χ0v) is 26.7. The number of carboxylic acid groups (broad SMARTS) is 1. The maximum atomic E-state index is 13.2. The second kappa shape index (κ2) is 17.5. The molecule has 0 bridgehead atoms. The van der Waals surface area contributed by atoms with Crippen LogP contribution in [0.25, 0.3) is 0 Å². The monoisotopic (exact) mass is 684 g/mol. The number of ketones is 1. The summed E-state index contributed by atoms with van der Waals surface area (Å²) in [6.07, 6.45) is 5.54. The van der Waals surface area contributed by atoms with Crippen molar-refractivity contribution in [2.75, 3.05) is 19.6 Å². The van der Waals surface area contributed by atoms with Crippen molar-refractivity contribution in [2.45, 2.75) is 69.5 Å². The molecule has 1 aromatic heterocycles. The van der Waals surface area contributed by atoms with Crippen molar-refractivity contribution in [2.24, 2.45) is 17.4 Å². The molecular formula is C31H40N8O10. The smallest absolute Gasteiger partial charge is 0.338 e. The van der Waals surface area contributed by atoms with E-state index in [0.29, 0.717) is 5.57 Å². The normalized spacial score (nSPS) is 17.3. The topological polar surface area (TPSA) is 290 Å². The summed E-state index contributed by atoms with van der Waals surface area (Å²) in [6, 6.07) is -2.35. The predicted molar refractivity (Wildman–Crippen MR) is 169 cm³/mol. The fourth-order valence-electron chi connectivity index (χ4n) is 5.75. The third-order valence-corrected chi connectivity index (χ3v) is 8.31. The molecule has 18 heteroatoms. The van der Waals surface area contributed by atoms with Crippen LogP contribution in [-0.4, -0.2) is 106 Å². The van der Waals surface area contributed by atoms with E-state index in [0.717, 1.165) is 55.5 Å². The molecule has 1 aliphatic carbocycles. The van der Waals surface area contributed by atoms with Crippen LogP contribution in [0.15, 0.2) is 30.6 Å². The summed E-state index contributed by atoms with van der Waals surface area (Å²) in [4.78, 5) is 116. The van der Waals surface area contributed by atoms with Crippen LogP contribution in [0.3, 0.4) is 0 Å². The van der Waals surface area contributed by atoms with Gasteiger partial charge >= 0.3 is 5.97 Å². The Balaban J connectivity index is 1.62. The third-order valence-electron chi connectivity index (χ3n) is 8.31.